The molecule has 2 aromatic rings. The topological polar surface area (TPSA) is 46.5 Å². The fourth-order valence-corrected chi connectivity index (χ4v) is 1.53. The predicted molar refractivity (Wildman–Crippen MR) is 69.6 cm³/mol. The van der Waals surface area contributed by atoms with Crippen molar-refractivity contribution in [3.8, 4) is 11.5 Å². The Labute approximate surface area is 109 Å². The van der Waals surface area contributed by atoms with Gasteiger partial charge in [0.25, 0.3) is 0 Å². The van der Waals surface area contributed by atoms with Crippen LogP contribution in [0.25, 0.3) is 6.08 Å². The largest absolute Gasteiger partial charge is 0.478 e. The van der Waals surface area contributed by atoms with Gasteiger partial charge in [-0.1, -0.05) is 18.2 Å². The number of halogens is 1. The molecular weight excluding hydrogens is 247 g/mol. The van der Waals surface area contributed by atoms with Crippen molar-refractivity contribution in [3.63, 3.8) is 0 Å². The number of ether oxygens (including phenoxy) is 1. The van der Waals surface area contributed by atoms with Gasteiger partial charge in [0.05, 0.1) is 0 Å². The van der Waals surface area contributed by atoms with E-state index in [1.165, 1.54) is 18.2 Å². The van der Waals surface area contributed by atoms with Crippen molar-refractivity contribution in [2.45, 2.75) is 0 Å². The van der Waals surface area contributed by atoms with E-state index in [1.807, 2.05) is 6.07 Å². The summed E-state index contributed by atoms with van der Waals surface area (Å²) in [6.45, 7) is 0. The van der Waals surface area contributed by atoms with Crippen molar-refractivity contribution in [2.24, 2.45) is 0 Å². The van der Waals surface area contributed by atoms with E-state index in [2.05, 4.69) is 0 Å². The maximum Gasteiger partial charge on any atom is 0.328 e. The fraction of sp³-hybridized carbons (Fsp3) is 0. The maximum atomic E-state index is 13.4. The van der Waals surface area contributed by atoms with E-state index < -0.39 is 11.8 Å². The van der Waals surface area contributed by atoms with E-state index >= 15 is 0 Å². The number of carboxylic acids is 1. The Morgan fingerprint density at radius 2 is 1.84 bits per heavy atom. The summed E-state index contributed by atoms with van der Waals surface area (Å²) in [6.07, 6.45) is 2.25. The highest BCUT2D eigenvalue weighted by Gasteiger charge is 2.02. The molecule has 2 rings (SSSR count). The fourth-order valence-electron chi connectivity index (χ4n) is 1.53. The lowest BCUT2D eigenvalue weighted by Crippen LogP contribution is -1.88. The molecule has 0 aromatic heterocycles. The van der Waals surface area contributed by atoms with E-state index in [0.717, 1.165) is 6.08 Å². The van der Waals surface area contributed by atoms with E-state index in [9.17, 15) is 9.18 Å². The molecular formula is C15H11FO3. The Kier molecular flexibility index (Phi) is 3.93. The molecule has 0 bridgehead atoms. The van der Waals surface area contributed by atoms with Gasteiger partial charge in [-0.2, -0.15) is 0 Å². The van der Waals surface area contributed by atoms with Crippen LogP contribution in [0, 0.1) is 5.82 Å². The Morgan fingerprint density at radius 1 is 1.11 bits per heavy atom. The van der Waals surface area contributed by atoms with Crippen LogP contribution in [-0.4, -0.2) is 11.1 Å². The third-order valence-corrected chi connectivity index (χ3v) is 2.29. The third kappa shape index (κ3) is 3.96. The van der Waals surface area contributed by atoms with Crippen molar-refractivity contribution in [1.29, 1.82) is 0 Å². The van der Waals surface area contributed by atoms with Crippen LogP contribution in [-0.2, 0) is 4.79 Å². The van der Waals surface area contributed by atoms with Gasteiger partial charge in [-0.15, -0.1) is 0 Å². The van der Waals surface area contributed by atoms with Gasteiger partial charge in [0, 0.05) is 12.1 Å². The summed E-state index contributed by atoms with van der Waals surface area (Å²) >= 11 is 0. The van der Waals surface area contributed by atoms with Gasteiger partial charge in [0.1, 0.15) is 17.3 Å². The predicted octanol–water partition coefficient (Wildman–Crippen LogP) is 3.72. The molecule has 4 heteroatoms. The molecule has 0 spiro atoms. The van der Waals surface area contributed by atoms with Crippen LogP contribution in [0.15, 0.2) is 54.6 Å². The number of benzene rings is 2. The molecule has 0 amide bonds. The molecule has 0 saturated carbocycles. The first kappa shape index (κ1) is 12.8. The SMILES string of the molecule is O=C(O)/C=C/c1cc(F)cc(Oc2ccccc2)c1. The van der Waals surface area contributed by atoms with E-state index in [0.29, 0.717) is 17.1 Å². The van der Waals surface area contributed by atoms with Gasteiger partial charge in [-0.3, -0.25) is 0 Å². The average molecular weight is 258 g/mol. The summed E-state index contributed by atoms with van der Waals surface area (Å²) in [5, 5.41) is 8.54. The highest BCUT2D eigenvalue weighted by molar-refractivity contribution is 5.85. The summed E-state index contributed by atoms with van der Waals surface area (Å²) in [4.78, 5) is 10.4. The molecule has 2 aromatic carbocycles. The van der Waals surface area contributed by atoms with Gasteiger partial charge < -0.3 is 9.84 Å². The van der Waals surface area contributed by atoms with Crippen LogP contribution >= 0.6 is 0 Å². The van der Waals surface area contributed by atoms with Crippen molar-refractivity contribution >= 4 is 12.0 Å². The van der Waals surface area contributed by atoms with Gasteiger partial charge in [0.2, 0.25) is 0 Å². The molecule has 0 unspecified atom stereocenters. The normalized spacial score (nSPS) is 10.6. The molecule has 0 aliphatic rings. The number of carboxylic acid groups (broad SMARTS) is 1. The molecule has 0 heterocycles. The standard InChI is InChI=1S/C15H11FO3/c16-12-8-11(6-7-15(17)18)9-14(10-12)19-13-4-2-1-3-5-13/h1-10H,(H,17,18)/b7-6+. The summed E-state index contributed by atoms with van der Waals surface area (Å²) < 4.78 is 18.9. The molecule has 3 nitrogen and oxygen atoms in total. The van der Waals surface area contributed by atoms with Crippen LogP contribution in [0.2, 0.25) is 0 Å². The zero-order chi connectivity index (χ0) is 13.7. The molecule has 0 aliphatic carbocycles. The number of para-hydroxylation sites is 1. The molecule has 0 aliphatic heterocycles. The van der Waals surface area contributed by atoms with Gasteiger partial charge >= 0.3 is 5.97 Å². The lowest BCUT2D eigenvalue weighted by molar-refractivity contribution is -0.131. The first-order chi connectivity index (χ1) is 9.13. The molecule has 1 N–H and O–H groups in total. The molecule has 0 radical (unpaired) electrons. The Balaban J connectivity index is 2.24. The van der Waals surface area contributed by atoms with E-state index in [4.69, 9.17) is 9.84 Å². The lowest BCUT2D eigenvalue weighted by atomic mass is 10.2. The quantitative estimate of drug-likeness (QED) is 0.850. The van der Waals surface area contributed by atoms with Crippen LogP contribution in [0.5, 0.6) is 11.5 Å². The van der Waals surface area contributed by atoms with Crippen molar-refractivity contribution in [1.82, 2.24) is 0 Å². The smallest absolute Gasteiger partial charge is 0.328 e. The monoisotopic (exact) mass is 258 g/mol. The second-order valence-corrected chi connectivity index (χ2v) is 3.81. The van der Waals surface area contributed by atoms with E-state index in [-0.39, 0.29) is 0 Å². The highest BCUT2D eigenvalue weighted by atomic mass is 19.1. The van der Waals surface area contributed by atoms with Gasteiger partial charge in [0.15, 0.2) is 0 Å². The van der Waals surface area contributed by atoms with Crippen LogP contribution in [0.4, 0.5) is 4.39 Å². The van der Waals surface area contributed by atoms with Crippen molar-refractivity contribution in [2.75, 3.05) is 0 Å². The zero-order valence-electron chi connectivity index (χ0n) is 9.92. The average Bonchev–Trinajstić information content (AvgIpc) is 2.37. The third-order valence-electron chi connectivity index (χ3n) is 2.29. The van der Waals surface area contributed by atoms with Gasteiger partial charge in [-0.05, 0) is 35.9 Å². The zero-order valence-corrected chi connectivity index (χ0v) is 9.92. The van der Waals surface area contributed by atoms with Crippen LogP contribution < -0.4 is 4.74 Å². The summed E-state index contributed by atoms with van der Waals surface area (Å²) in [6, 6.07) is 13.0. The van der Waals surface area contributed by atoms with Crippen LogP contribution in [0.1, 0.15) is 5.56 Å². The van der Waals surface area contributed by atoms with Crippen molar-refractivity contribution in [3.05, 3.63) is 66.0 Å². The second kappa shape index (κ2) is 5.82. The lowest BCUT2D eigenvalue weighted by Gasteiger charge is -2.06. The first-order valence-corrected chi connectivity index (χ1v) is 5.58. The Morgan fingerprint density at radius 3 is 2.53 bits per heavy atom. The molecule has 0 atom stereocenters. The Hall–Kier alpha value is -2.62. The molecule has 19 heavy (non-hydrogen) atoms. The minimum absolute atomic E-state index is 0.316. The minimum Gasteiger partial charge on any atom is -0.478 e. The van der Waals surface area contributed by atoms with Crippen LogP contribution in [0.3, 0.4) is 0 Å². The molecule has 96 valence electrons. The van der Waals surface area contributed by atoms with Gasteiger partial charge in [-0.25, -0.2) is 9.18 Å². The summed E-state index contributed by atoms with van der Waals surface area (Å²) in [7, 11) is 0. The number of hydrogen-bond donors (Lipinski definition) is 1. The molecule has 0 fully saturated rings. The number of aliphatic carboxylic acids is 1. The Bertz CT molecular complexity index is 606. The summed E-state index contributed by atoms with van der Waals surface area (Å²) in [5.74, 6) is -0.675. The number of hydrogen-bond acceptors (Lipinski definition) is 2. The van der Waals surface area contributed by atoms with E-state index in [1.54, 1.807) is 30.3 Å². The number of carbonyl (C=O) groups is 1. The van der Waals surface area contributed by atoms with Crippen molar-refractivity contribution < 1.29 is 19.0 Å². The second-order valence-electron chi connectivity index (χ2n) is 3.81. The number of rotatable bonds is 4. The maximum absolute atomic E-state index is 13.4. The first-order valence-electron chi connectivity index (χ1n) is 5.58. The summed E-state index contributed by atoms with van der Waals surface area (Å²) in [5.41, 5.74) is 0.424. The minimum atomic E-state index is -1.09. The molecule has 0 saturated heterocycles. The highest BCUT2D eigenvalue weighted by Crippen LogP contribution is 2.23.